The maximum absolute atomic E-state index is 11.6. The topological polar surface area (TPSA) is 46.2 Å². The minimum atomic E-state index is -5.24. The summed E-state index contributed by atoms with van der Waals surface area (Å²) < 4.78 is 93.6. The zero-order valence-electron chi connectivity index (χ0n) is 92.8. The first-order valence-electron chi connectivity index (χ1n) is 48.0. The van der Waals surface area contributed by atoms with Crippen molar-refractivity contribution < 1.29 is 50.0 Å². The van der Waals surface area contributed by atoms with Crippen molar-refractivity contribution >= 4 is 11.8 Å². The molecule has 816 valence electrons. The summed E-state index contributed by atoms with van der Waals surface area (Å²) in [7, 11) is 9.75. The van der Waals surface area contributed by atoms with Crippen LogP contribution in [0.2, 0.25) is 0 Å². The van der Waals surface area contributed by atoms with Crippen molar-refractivity contribution in [3.8, 4) is 23.0 Å². The van der Waals surface area contributed by atoms with E-state index >= 15 is 0 Å². The van der Waals surface area contributed by atoms with Gasteiger partial charge in [-0.3, -0.25) is 0 Å². The molecule has 0 aromatic heterocycles. The molecule has 12 aromatic carbocycles. The van der Waals surface area contributed by atoms with E-state index in [-0.39, 0.29) is 58.4 Å². The van der Waals surface area contributed by atoms with Crippen LogP contribution in [0.25, 0.3) is 0 Å². The fourth-order valence-electron chi connectivity index (χ4n) is 5.47. The highest BCUT2D eigenvalue weighted by atomic mass is 32.2. The summed E-state index contributed by atoms with van der Waals surface area (Å²) in [6.07, 6.45) is -1.41. The second kappa shape index (κ2) is 195. The molecule has 12 aromatic rings. The van der Waals surface area contributed by atoms with E-state index in [2.05, 4.69) is 97.3 Å². The molecule has 5 nitrogen and oxygen atoms in total. The monoisotopic (exact) mass is 1990 g/mol. The lowest BCUT2D eigenvalue weighted by atomic mass is 9.92. The van der Waals surface area contributed by atoms with Crippen LogP contribution in [0.3, 0.4) is 0 Å². The number of hydrogen-bond donors (Lipinski definition) is 0. The maximum Gasteiger partial charge on any atom is 0.402 e. The Labute approximate surface area is 875 Å². The predicted octanol–water partition coefficient (Wildman–Crippen LogP) is 47.2. The predicted molar refractivity (Wildman–Crippen MR) is 644 cm³/mol. The third kappa shape index (κ3) is 224. The Morgan fingerprint density at radius 1 is 0.179 bits per heavy atom. The number of halogens is 6. The molecular weight excluding hydrogens is 1760 g/mol. The standard InChI is InChI=1S/2C12H10O.8C6H6.C5H6F6.C5H12.4C3H8.3C2H6O.C2H6S.10C2H6.6CH4/c2*1-3-7-11(8-4-1)13-12-9-5-2-6-10-12;8*1-2-4-6-5-3-1;1-3(2,4(6,7)8)5(9,10)11;1-5(2,3)4;8*1-3-2;10*1-2;;;;;;/h2*1-10H;8*1-6H;1-2H3;1-4H3;4*3H2,1-2H3;4*1-2H3;10*1-2H3;6*1H4. The zero-order valence-corrected chi connectivity index (χ0v) is 93.6. The average molecular weight is 1990 g/mol. The lowest BCUT2D eigenvalue weighted by molar-refractivity contribution is -0.327. The van der Waals surface area contributed by atoms with Gasteiger partial charge in [0, 0.05) is 42.7 Å². The van der Waals surface area contributed by atoms with Gasteiger partial charge in [-0.05, 0) is 80.3 Å². The quantitative estimate of drug-likeness (QED) is 0.164. The lowest BCUT2D eigenvalue weighted by Gasteiger charge is -2.29. The van der Waals surface area contributed by atoms with Gasteiger partial charge in [0.25, 0.3) is 0 Å². The molecule has 0 amide bonds. The van der Waals surface area contributed by atoms with E-state index in [0.717, 1.165) is 23.0 Å². The third-order valence-corrected chi connectivity index (χ3v) is 10.2. The van der Waals surface area contributed by atoms with Crippen molar-refractivity contribution in [2.24, 2.45) is 10.8 Å². The number of methoxy groups -OCH3 is 3. The second-order valence-corrected chi connectivity index (χ2v) is 25.6. The van der Waals surface area contributed by atoms with Gasteiger partial charge in [0.15, 0.2) is 5.41 Å². The van der Waals surface area contributed by atoms with E-state index in [1.807, 2.05) is 563 Å². The minimum Gasteiger partial charge on any atom is -0.457 e. The summed E-state index contributed by atoms with van der Waals surface area (Å²) in [4.78, 5) is 0. The van der Waals surface area contributed by atoms with Crippen molar-refractivity contribution in [2.45, 2.75) is 318 Å². The zero-order chi connectivity index (χ0) is 107. The van der Waals surface area contributed by atoms with Crippen LogP contribution in [-0.4, -0.2) is 67.5 Å². The largest absolute Gasteiger partial charge is 0.457 e. The summed E-state index contributed by atoms with van der Waals surface area (Å²) in [6, 6.07) is 135. The average Bonchev–Trinajstić information content (AvgIpc) is 0.791. The molecule has 0 bridgehead atoms. The Bertz CT molecular complexity index is 2630. The van der Waals surface area contributed by atoms with E-state index < -0.39 is 17.8 Å². The minimum absolute atomic E-state index is 0. The van der Waals surface area contributed by atoms with Crippen LogP contribution in [0.4, 0.5) is 26.3 Å². The highest BCUT2D eigenvalue weighted by Crippen LogP contribution is 2.49. The van der Waals surface area contributed by atoms with Crippen molar-refractivity contribution in [2.75, 3.05) is 55.2 Å². The Balaban J connectivity index is -0.0000000461. The molecular formula is C128H226F6O5S. The SMILES string of the molecule is C.C.C.C.C.C.CC.CC.CC.CC.CC.CC.CC.CC.CC.CC.CC(C)(C(F)(F)F)C(F)(F)F.CC(C)(C)C.CCC.CCC.CCC.CCC.COC.COC.COC.CSC.c1ccc(Oc2ccccc2)cc1.c1ccc(Oc2ccccc2)cc1.c1ccccc1.c1ccccc1.c1ccccc1.c1ccccc1.c1ccccc1.c1ccccc1.c1ccccc1.c1ccccc1. The number of para-hydroxylation sites is 4. The van der Waals surface area contributed by atoms with Crippen molar-refractivity contribution in [3.63, 3.8) is 0 Å². The molecule has 0 aliphatic rings. The molecule has 0 radical (unpaired) electrons. The van der Waals surface area contributed by atoms with Gasteiger partial charge in [0.2, 0.25) is 0 Å². The number of ether oxygens (including phenoxy) is 5. The fraction of sp³-hybridized carbons (Fsp3) is 0.438. The van der Waals surface area contributed by atoms with Gasteiger partial charge >= 0.3 is 12.4 Å². The Morgan fingerprint density at radius 2 is 0.229 bits per heavy atom. The van der Waals surface area contributed by atoms with Gasteiger partial charge in [0.1, 0.15) is 23.0 Å². The van der Waals surface area contributed by atoms with E-state index in [0.29, 0.717) is 5.41 Å². The Kier molecular flexibility index (Phi) is 269. The summed E-state index contributed by atoms with van der Waals surface area (Å²) in [5, 5.41) is 0. The molecule has 0 atom stereocenters. The second-order valence-electron chi connectivity index (χ2n) is 24.8. The van der Waals surface area contributed by atoms with Gasteiger partial charge in [-0.2, -0.15) is 38.1 Å². The normalized spacial score (nSPS) is 7.60. The van der Waals surface area contributed by atoms with Gasteiger partial charge in [-0.15, -0.1) is 0 Å². The number of hydrogen-bond acceptors (Lipinski definition) is 6. The highest BCUT2D eigenvalue weighted by Gasteiger charge is 2.64. The molecule has 0 aliphatic heterocycles. The van der Waals surface area contributed by atoms with Crippen LogP contribution in [-0.2, 0) is 14.2 Å². The first-order valence-corrected chi connectivity index (χ1v) is 49.6. The molecule has 140 heavy (non-hydrogen) atoms. The first kappa shape index (κ1) is 193. The van der Waals surface area contributed by atoms with Crippen LogP contribution in [0, 0.1) is 10.8 Å². The van der Waals surface area contributed by atoms with E-state index in [4.69, 9.17) is 9.47 Å². The molecule has 0 aliphatic carbocycles. The van der Waals surface area contributed by atoms with E-state index in [9.17, 15) is 26.3 Å². The lowest BCUT2D eigenvalue weighted by Crippen LogP contribution is -2.44. The third-order valence-electron chi connectivity index (χ3n) is 10.2. The first-order chi connectivity index (χ1) is 64.7. The van der Waals surface area contributed by atoms with Crippen LogP contribution < -0.4 is 9.47 Å². The molecule has 0 N–H and O–H groups in total. The molecule has 0 heterocycles. The van der Waals surface area contributed by atoms with Gasteiger partial charge in [-0.1, -0.05) is 656 Å². The summed E-state index contributed by atoms with van der Waals surface area (Å²) in [5.74, 6) is 3.48. The molecule has 0 spiro atoms. The maximum atomic E-state index is 11.6. The van der Waals surface area contributed by atoms with Gasteiger partial charge < -0.3 is 23.7 Å². The summed E-state index contributed by atoms with van der Waals surface area (Å²) in [5.41, 5.74) is -3.12. The molecule has 0 unspecified atom stereocenters. The van der Waals surface area contributed by atoms with Crippen LogP contribution in [0.5, 0.6) is 23.0 Å². The van der Waals surface area contributed by atoms with Crippen LogP contribution >= 0.6 is 11.8 Å². The van der Waals surface area contributed by atoms with Crippen LogP contribution in [0.15, 0.2) is 413 Å². The van der Waals surface area contributed by atoms with Crippen molar-refractivity contribution in [3.05, 3.63) is 413 Å². The molecule has 12 rings (SSSR count). The highest BCUT2D eigenvalue weighted by molar-refractivity contribution is 7.97. The van der Waals surface area contributed by atoms with Crippen molar-refractivity contribution in [1.82, 2.24) is 0 Å². The number of rotatable bonds is 4. The van der Waals surface area contributed by atoms with Crippen LogP contribution in [0.1, 0.15) is 306 Å². The van der Waals surface area contributed by atoms with E-state index in [1.165, 1.54) is 25.7 Å². The molecule has 0 fully saturated rings. The van der Waals surface area contributed by atoms with E-state index in [1.54, 1.807) is 54.4 Å². The summed E-state index contributed by atoms with van der Waals surface area (Å²) in [6.45, 7) is 66.0. The van der Waals surface area contributed by atoms with Crippen molar-refractivity contribution in [1.29, 1.82) is 0 Å². The van der Waals surface area contributed by atoms with Gasteiger partial charge in [0.05, 0.1) is 0 Å². The molecule has 12 heteroatoms. The number of alkyl halides is 6. The molecule has 0 saturated heterocycles. The Morgan fingerprint density at radius 3 is 0.271 bits per heavy atom. The molecule has 0 saturated carbocycles. The summed E-state index contributed by atoms with van der Waals surface area (Å²) >= 11 is 1.75. The fourth-order valence-corrected chi connectivity index (χ4v) is 5.47. The Hall–Kier alpha value is -9.95. The number of thioether (sulfide) groups is 1. The number of benzene rings is 12. The smallest absolute Gasteiger partial charge is 0.402 e. The van der Waals surface area contributed by atoms with Gasteiger partial charge in [-0.25, -0.2) is 0 Å².